The second-order valence-electron chi connectivity index (χ2n) is 3.06. The molecule has 1 unspecified atom stereocenters. The van der Waals surface area contributed by atoms with Crippen LogP contribution in [-0.2, 0) is 9.59 Å². The van der Waals surface area contributed by atoms with Gasteiger partial charge in [0.2, 0.25) is 5.91 Å². The lowest BCUT2D eigenvalue weighted by atomic mass is 10.3. The van der Waals surface area contributed by atoms with E-state index in [0.29, 0.717) is 0 Å². The number of aliphatic carboxylic acids is 1. The van der Waals surface area contributed by atoms with Crippen LogP contribution in [0.4, 0.5) is 0 Å². The van der Waals surface area contributed by atoms with Crippen molar-refractivity contribution in [3.63, 3.8) is 0 Å². The van der Waals surface area contributed by atoms with Crippen LogP contribution in [0.5, 0.6) is 0 Å². The minimum absolute atomic E-state index is 0.0158. The maximum absolute atomic E-state index is 10.9. The fraction of sp³-hybridized carbons (Fsp3) is 0.333. The highest BCUT2D eigenvalue weighted by Crippen LogP contribution is 2.36. The Kier molecular flexibility index (Phi) is 9.32. The summed E-state index contributed by atoms with van der Waals surface area (Å²) < 4.78 is -0.246. The van der Waals surface area contributed by atoms with Crippen LogP contribution in [0.25, 0.3) is 0 Å². The second-order valence-corrected chi connectivity index (χ2v) is 6.40. The maximum atomic E-state index is 10.9. The van der Waals surface area contributed by atoms with E-state index >= 15 is 0 Å². The molecule has 2 N–H and O–H groups in total. The molecule has 0 heterocycles. The van der Waals surface area contributed by atoms with Crippen LogP contribution in [-0.4, -0.2) is 28.8 Å². The van der Waals surface area contributed by atoms with Gasteiger partial charge in [0, 0.05) is 12.7 Å². The van der Waals surface area contributed by atoms with Crippen LogP contribution >= 0.6 is 69.8 Å². The topological polar surface area (TPSA) is 66.4 Å². The van der Waals surface area contributed by atoms with Gasteiger partial charge in [-0.15, -0.1) is 11.8 Å². The molecule has 0 saturated heterocycles. The number of carbonyl (C=O) groups excluding carboxylic acids is 1. The zero-order valence-electron chi connectivity index (χ0n) is 9.35. The summed E-state index contributed by atoms with van der Waals surface area (Å²) in [5.41, 5.74) is 0. The molecule has 0 radical (unpaired) electrons. The fourth-order valence-corrected chi connectivity index (χ4v) is 2.60. The molecule has 0 fully saturated rings. The lowest BCUT2D eigenvalue weighted by Crippen LogP contribution is -2.41. The van der Waals surface area contributed by atoms with E-state index in [0.717, 1.165) is 11.8 Å². The largest absolute Gasteiger partial charge is 0.480 e. The van der Waals surface area contributed by atoms with E-state index in [4.69, 9.17) is 63.1 Å². The van der Waals surface area contributed by atoms with E-state index in [1.807, 2.05) is 0 Å². The van der Waals surface area contributed by atoms with Crippen molar-refractivity contribution < 1.29 is 14.7 Å². The number of halogens is 5. The third-order valence-electron chi connectivity index (χ3n) is 1.58. The minimum atomic E-state index is -1.19. The Balaban J connectivity index is 4.78. The summed E-state index contributed by atoms with van der Waals surface area (Å²) in [6, 6.07) is -1.10. The van der Waals surface area contributed by atoms with Gasteiger partial charge in [0.15, 0.2) is 0 Å². The van der Waals surface area contributed by atoms with Gasteiger partial charge >= 0.3 is 5.97 Å². The third kappa shape index (κ3) is 7.54. The fourth-order valence-electron chi connectivity index (χ4n) is 0.809. The summed E-state index contributed by atoms with van der Waals surface area (Å²) in [5, 5.41) is 10.9. The molecule has 0 aromatic rings. The Hall–Kier alpha value is 0.220. The first-order valence-electron chi connectivity index (χ1n) is 4.56. The molecule has 4 nitrogen and oxygen atoms in total. The Morgan fingerprint density at radius 2 is 1.68 bits per heavy atom. The Morgan fingerprint density at radius 1 is 1.16 bits per heavy atom. The molecule has 1 atom stereocenters. The summed E-state index contributed by atoms with van der Waals surface area (Å²) in [4.78, 5) is 21.7. The first-order chi connectivity index (χ1) is 8.66. The number of carboxylic acids is 1. The number of thioether (sulfide) groups is 1. The molecule has 0 aromatic heterocycles. The molecule has 19 heavy (non-hydrogen) atoms. The van der Waals surface area contributed by atoms with E-state index in [1.54, 1.807) is 0 Å². The first-order valence-corrected chi connectivity index (χ1v) is 7.43. The van der Waals surface area contributed by atoms with Crippen LogP contribution in [0.1, 0.15) is 6.92 Å². The number of nitrogens with one attached hydrogen (secondary N) is 1. The SMILES string of the molecule is CC(=O)NC(CS/C(Cl)=C(\Cl)C(Cl)=C(Cl)Cl)C(=O)O. The van der Waals surface area contributed by atoms with E-state index in [1.165, 1.54) is 6.92 Å². The highest BCUT2D eigenvalue weighted by molar-refractivity contribution is 8.04. The number of carbonyl (C=O) groups is 2. The molecule has 0 aliphatic heterocycles. The second kappa shape index (κ2) is 9.21. The number of rotatable bonds is 6. The summed E-state index contributed by atoms with van der Waals surface area (Å²) in [7, 11) is 0. The number of hydrogen-bond acceptors (Lipinski definition) is 3. The van der Waals surface area contributed by atoms with E-state index in [2.05, 4.69) is 5.32 Å². The zero-order chi connectivity index (χ0) is 15.2. The molecule has 0 bridgehead atoms. The normalized spacial score (nSPS) is 13.4. The molecule has 0 aliphatic rings. The Bertz CT molecular complexity index is 434. The van der Waals surface area contributed by atoms with Crippen LogP contribution < -0.4 is 5.32 Å². The van der Waals surface area contributed by atoms with Crippen molar-refractivity contribution in [1.29, 1.82) is 0 Å². The average Bonchev–Trinajstić information content (AvgIpc) is 2.31. The van der Waals surface area contributed by atoms with Crippen molar-refractivity contribution >= 4 is 81.6 Å². The van der Waals surface area contributed by atoms with Crippen molar-refractivity contribution in [2.24, 2.45) is 0 Å². The average molecular weight is 387 g/mol. The van der Waals surface area contributed by atoms with Crippen molar-refractivity contribution in [2.45, 2.75) is 13.0 Å². The number of hydrogen-bond donors (Lipinski definition) is 2. The third-order valence-corrected chi connectivity index (χ3v) is 4.69. The van der Waals surface area contributed by atoms with E-state index < -0.39 is 17.9 Å². The first kappa shape index (κ1) is 19.2. The van der Waals surface area contributed by atoms with Crippen molar-refractivity contribution in [2.75, 3.05) is 5.75 Å². The highest BCUT2D eigenvalue weighted by atomic mass is 35.5. The van der Waals surface area contributed by atoms with Gasteiger partial charge in [0.05, 0.1) is 14.4 Å². The van der Waals surface area contributed by atoms with E-state index in [-0.39, 0.29) is 24.7 Å². The molecule has 0 rings (SSSR count). The molecule has 0 spiro atoms. The van der Waals surface area contributed by atoms with Gasteiger partial charge in [-0.3, -0.25) is 4.79 Å². The minimum Gasteiger partial charge on any atom is -0.480 e. The predicted octanol–water partition coefficient (Wildman–Crippen LogP) is 3.84. The van der Waals surface area contributed by atoms with Crippen molar-refractivity contribution in [3.8, 4) is 0 Å². The standard InChI is InChI=1S/C9H8Cl5NO3S/c1-3(16)15-4(9(17)18)2-19-8(14)6(11)5(10)7(12)13/h4H,2H2,1H3,(H,15,16)(H,17,18)/b8-6-. The molecule has 10 heteroatoms. The van der Waals surface area contributed by atoms with Crippen LogP contribution in [0.2, 0.25) is 0 Å². The maximum Gasteiger partial charge on any atom is 0.327 e. The van der Waals surface area contributed by atoms with Gasteiger partial charge in [0.1, 0.15) is 10.5 Å². The molecular formula is C9H8Cl5NO3S. The summed E-state index contributed by atoms with van der Waals surface area (Å²) in [6.07, 6.45) is 0. The lowest BCUT2D eigenvalue weighted by Gasteiger charge is -2.12. The molecule has 0 aliphatic carbocycles. The van der Waals surface area contributed by atoms with Gasteiger partial charge < -0.3 is 10.4 Å². The summed E-state index contributed by atoms with van der Waals surface area (Å²) in [6.45, 7) is 1.21. The molecular weight excluding hydrogens is 379 g/mol. The van der Waals surface area contributed by atoms with Crippen LogP contribution in [0, 0.1) is 0 Å². The number of carboxylic acid groups (broad SMARTS) is 1. The summed E-state index contributed by atoms with van der Waals surface area (Å²) in [5.74, 6) is -1.70. The number of allylic oxidation sites excluding steroid dienone is 2. The summed E-state index contributed by atoms with van der Waals surface area (Å²) >= 11 is 29.0. The van der Waals surface area contributed by atoms with Crippen LogP contribution in [0.3, 0.4) is 0 Å². The highest BCUT2D eigenvalue weighted by Gasteiger charge is 2.20. The Labute approximate surface area is 139 Å². The molecule has 0 aromatic carbocycles. The predicted molar refractivity (Wildman–Crippen MR) is 81.0 cm³/mol. The molecule has 0 saturated carbocycles. The van der Waals surface area contributed by atoms with Gasteiger partial charge in [-0.05, 0) is 0 Å². The Morgan fingerprint density at radius 3 is 2.05 bits per heavy atom. The van der Waals surface area contributed by atoms with Gasteiger partial charge in [-0.25, -0.2) is 4.79 Å². The van der Waals surface area contributed by atoms with Crippen molar-refractivity contribution in [3.05, 3.63) is 18.9 Å². The smallest absolute Gasteiger partial charge is 0.327 e. The number of amides is 1. The van der Waals surface area contributed by atoms with E-state index in [9.17, 15) is 9.59 Å². The molecule has 108 valence electrons. The van der Waals surface area contributed by atoms with Crippen LogP contribution in [0.15, 0.2) is 18.9 Å². The molecule has 1 amide bonds. The van der Waals surface area contributed by atoms with Gasteiger partial charge in [-0.2, -0.15) is 0 Å². The monoisotopic (exact) mass is 385 g/mol. The quantitative estimate of drug-likeness (QED) is 0.680. The van der Waals surface area contributed by atoms with Gasteiger partial charge in [-0.1, -0.05) is 58.0 Å². The lowest BCUT2D eigenvalue weighted by molar-refractivity contribution is -0.140. The van der Waals surface area contributed by atoms with Gasteiger partial charge in [0.25, 0.3) is 0 Å². The van der Waals surface area contributed by atoms with Crippen molar-refractivity contribution in [1.82, 2.24) is 5.32 Å². The zero-order valence-corrected chi connectivity index (χ0v) is 13.9.